The standard InChI is InChI=1S/C13H15FN2O2S2/c1-9(12-7-4-8-19-12)16(2)20(17,18)13-10(14)5-3-6-11(13)15/h3-9H,15H2,1-2H3. The van der Waals surface area contributed by atoms with Crippen molar-refractivity contribution in [3.8, 4) is 0 Å². The lowest BCUT2D eigenvalue weighted by Gasteiger charge is -2.24. The molecule has 0 amide bonds. The fourth-order valence-electron chi connectivity index (χ4n) is 1.86. The number of nitrogen functional groups attached to an aromatic ring is 1. The Morgan fingerprint density at radius 3 is 2.55 bits per heavy atom. The van der Waals surface area contributed by atoms with Crippen LogP contribution in [0.25, 0.3) is 0 Å². The van der Waals surface area contributed by atoms with Gasteiger partial charge in [-0.3, -0.25) is 0 Å². The van der Waals surface area contributed by atoms with E-state index in [1.54, 1.807) is 6.92 Å². The molecular weight excluding hydrogens is 299 g/mol. The van der Waals surface area contributed by atoms with Crippen LogP contribution < -0.4 is 5.73 Å². The van der Waals surface area contributed by atoms with Crippen molar-refractivity contribution in [1.82, 2.24) is 4.31 Å². The lowest BCUT2D eigenvalue weighted by molar-refractivity contribution is 0.400. The van der Waals surface area contributed by atoms with E-state index in [2.05, 4.69) is 0 Å². The minimum absolute atomic E-state index is 0.0878. The van der Waals surface area contributed by atoms with Crippen LogP contribution in [0.2, 0.25) is 0 Å². The van der Waals surface area contributed by atoms with Crippen molar-refractivity contribution in [1.29, 1.82) is 0 Å². The molecule has 0 aliphatic heterocycles. The van der Waals surface area contributed by atoms with Gasteiger partial charge >= 0.3 is 0 Å². The molecule has 0 bridgehead atoms. The van der Waals surface area contributed by atoms with E-state index in [-0.39, 0.29) is 11.7 Å². The molecule has 4 nitrogen and oxygen atoms in total. The molecule has 1 aromatic heterocycles. The van der Waals surface area contributed by atoms with Gasteiger partial charge < -0.3 is 5.73 Å². The fraction of sp³-hybridized carbons (Fsp3) is 0.231. The van der Waals surface area contributed by atoms with Crippen molar-refractivity contribution >= 4 is 27.0 Å². The van der Waals surface area contributed by atoms with E-state index in [1.807, 2.05) is 17.5 Å². The van der Waals surface area contributed by atoms with Crippen LogP contribution in [0, 0.1) is 5.82 Å². The lowest BCUT2D eigenvalue weighted by atomic mass is 10.3. The molecule has 1 atom stereocenters. The van der Waals surface area contributed by atoms with Crippen LogP contribution in [-0.4, -0.2) is 19.8 Å². The number of sulfonamides is 1. The molecule has 1 unspecified atom stereocenters. The van der Waals surface area contributed by atoms with Gasteiger partial charge in [-0.2, -0.15) is 4.31 Å². The van der Waals surface area contributed by atoms with Crippen molar-refractivity contribution in [3.63, 3.8) is 0 Å². The van der Waals surface area contributed by atoms with Crippen LogP contribution in [0.15, 0.2) is 40.6 Å². The van der Waals surface area contributed by atoms with E-state index in [0.29, 0.717) is 0 Å². The number of benzene rings is 1. The van der Waals surface area contributed by atoms with Crippen molar-refractivity contribution in [3.05, 3.63) is 46.4 Å². The molecule has 0 spiro atoms. The fourth-order valence-corrected chi connectivity index (χ4v) is 4.25. The second kappa shape index (κ2) is 5.51. The molecule has 0 saturated heterocycles. The van der Waals surface area contributed by atoms with E-state index in [9.17, 15) is 12.8 Å². The van der Waals surface area contributed by atoms with Gasteiger partial charge in [0.2, 0.25) is 10.0 Å². The van der Waals surface area contributed by atoms with Crippen LogP contribution in [-0.2, 0) is 10.0 Å². The van der Waals surface area contributed by atoms with Crippen molar-refractivity contribution in [2.45, 2.75) is 17.9 Å². The highest BCUT2D eigenvalue weighted by Crippen LogP contribution is 2.31. The first-order valence-corrected chi connectivity index (χ1v) is 8.23. The van der Waals surface area contributed by atoms with Gasteiger partial charge in [0.05, 0.1) is 11.7 Å². The summed E-state index contributed by atoms with van der Waals surface area (Å²) in [5.74, 6) is -0.838. The van der Waals surface area contributed by atoms with Crippen LogP contribution in [0.1, 0.15) is 17.8 Å². The first-order valence-electron chi connectivity index (χ1n) is 5.91. The molecule has 0 aliphatic carbocycles. The topological polar surface area (TPSA) is 63.4 Å². The van der Waals surface area contributed by atoms with Gasteiger partial charge in [-0.05, 0) is 30.5 Å². The maximum absolute atomic E-state index is 13.8. The molecule has 7 heteroatoms. The highest BCUT2D eigenvalue weighted by atomic mass is 32.2. The number of nitrogens with two attached hydrogens (primary N) is 1. The summed E-state index contributed by atoms with van der Waals surface area (Å²) in [7, 11) is -2.56. The molecule has 1 aromatic carbocycles. The van der Waals surface area contributed by atoms with Crippen LogP contribution >= 0.6 is 11.3 Å². The van der Waals surface area contributed by atoms with Gasteiger partial charge in [-0.15, -0.1) is 11.3 Å². The zero-order valence-electron chi connectivity index (χ0n) is 11.1. The van der Waals surface area contributed by atoms with E-state index < -0.39 is 20.7 Å². The van der Waals surface area contributed by atoms with E-state index in [1.165, 1.54) is 30.5 Å². The molecule has 2 rings (SSSR count). The molecule has 108 valence electrons. The summed E-state index contributed by atoms with van der Waals surface area (Å²) < 4.78 is 40.0. The molecule has 0 saturated carbocycles. The third-order valence-electron chi connectivity index (χ3n) is 3.13. The second-order valence-corrected chi connectivity index (χ2v) is 7.28. The normalized spacial score (nSPS) is 13.6. The Morgan fingerprint density at radius 2 is 2.00 bits per heavy atom. The molecule has 0 aliphatic rings. The van der Waals surface area contributed by atoms with Crippen LogP contribution in [0.4, 0.5) is 10.1 Å². The van der Waals surface area contributed by atoms with E-state index in [4.69, 9.17) is 5.73 Å². The molecule has 2 N–H and O–H groups in total. The monoisotopic (exact) mass is 314 g/mol. The van der Waals surface area contributed by atoms with Gasteiger partial charge in [0.15, 0.2) is 0 Å². The van der Waals surface area contributed by atoms with Crippen molar-refractivity contribution in [2.24, 2.45) is 0 Å². The number of anilines is 1. The Bertz CT molecular complexity index is 679. The van der Waals surface area contributed by atoms with Gasteiger partial charge in [0, 0.05) is 11.9 Å². The minimum Gasteiger partial charge on any atom is -0.398 e. The number of halogens is 1. The minimum atomic E-state index is -3.99. The van der Waals surface area contributed by atoms with E-state index in [0.717, 1.165) is 15.2 Å². The third-order valence-corrected chi connectivity index (χ3v) is 6.20. The quantitative estimate of drug-likeness (QED) is 0.883. The Balaban J connectivity index is 2.45. The highest BCUT2D eigenvalue weighted by molar-refractivity contribution is 7.89. The summed E-state index contributed by atoms with van der Waals surface area (Å²) in [5.41, 5.74) is 5.53. The molecular formula is C13H15FN2O2S2. The molecule has 20 heavy (non-hydrogen) atoms. The summed E-state index contributed by atoms with van der Waals surface area (Å²) >= 11 is 1.45. The third kappa shape index (κ3) is 2.56. The molecule has 2 aromatic rings. The highest BCUT2D eigenvalue weighted by Gasteiger charge is 2.31. The zero-order chi connectivity index (χ0) is 14.9. The molecule has 0 radical (unpaired) electrons. The lowest BCUT2D eigenvalue weighted by Crippen LogP contribution is -2.30. The Kier molecular flexibility index (Phi) is 4.12. The Labute approximate surface area is 121 Å². The van der Waals surface area contributed by atoms with E-state index >= 15 is 0 Å². The second-order valence-electron chi connectivity index (χ2n) is 4.37. The number of rotatable bonds is 4. The number of thiophene rings is 1. The van der Waals surface area contributed by atoms with Crippen molar-refractivity contribution in [2.75, 3.05) is 12.8 Å². The Hall–Kier alpha value is -1.44. The number of nitrogens with zero attached hydrogens (tertiary/aromatic N) is 1. The van der Waals surface area contributed by atoms with Crippen LogP contribution in [0.5, 0.6) is 0 Å². The summed E-state index contributed by atoms with van der Waals surface area (Å²) in [6.45, 7) is 1.75. The number of hydrogen-bond acceptors (Lipinski definition) is 4. The largest absolute Gasteiger partial charge is 0.398 e. The predicted molar refractivity (Wildman–Crippen MR) is 78.5 cm³/mol. The number of hydrogen-bond donors (Lipinski definition) is 1. The maximum atomic E-state index is 13.8. The Morgan fingerprint density at radius 1 is 1.30 bits per heavy atom. The van der Waals surface area contributed by atoms with Gasteiger partial charge in [-0.25, -0.2) is 12.8 Å². The average Bonchev–Trinajstić information content (AvgIpc) is 2.90. The van der Waals surface area contributed by atoms with Crippen molar-refractivity contribution < 1.29 is 12.8 Å². The van der Waals surface area contributed by atoms with Crippen LogP contribution in [0.3, 0.4) is 0 Å². The van der Waals surface area contributed by atoms with Gasteiger partial charge in [0.1, 0.15) is 10.7 Å². The maximum Gasteiger partial charge on any atom is 0.248 e. The summed E-state index contributed by atoms with van der Waals surface area (Å²) in [6, 6.07) is 7.14. The molecule has 0 fully saturated rings. The average molecular weight is 314 g/mol. The SMILES string of the molecule is CC(c1cccs1)N(C)S(=O)(=O)c1c(N)cccc1F. The summed E-state index contributed by atoms with van der Waals surface area (Å²) in [5, 5.41) is 1.86. The molecule has 1 heterocycles. The summed E-state index contributed by atoms with van der Waals surface area (Å²) in [6.07, 6.45) is 0. The zero-order valence-corrected chi connectivity index (χ0v) is 12.7. The van der Waals surface area contributed by atoms with Gasteiger partial charge in [0.25, 0.3) is 0 Å². The summed E-state index contributed by atoms with van der Waals surface area (Å²) in [4.78, 5) is 0.414. The predicted octanol–water partition coefficient (Wildman–Crippen LogP) is 2.85. The van der Waals surface area contributed by atoms with Gasteiger partial charge in [-0.1, -0.05) is 12.1 Å². The smallest absolute Gasteiger partial charge is 0.248 e. The first-order chi connectivity index (χ1) is 9.35. The first kappa shape index (κ1) is 15.0.